The van der Waals surface area contributed by atoms with E-state index >= 15 is 0 Å². The van der Waals surface area contributed by atoms with E-state index in [-0.39, 0.29) is 5.82 Å². The third kappa shape index (κ3) is 3.16. The van der Waals surface area contributed by atoms with Crippen molar-refractivity contribution in [1.29, 1.82) is 0 Å². The Balaban J connectivity index is 1.95. The number of carbonyl (C=O) groups is 1. The molecule has 0 aliphatic heterocycles. The second-order valence-corrected chi connectivity index (χ2v) is 3.03. The standard InChI is InChI=1S/C11H9N5O/c17-11(10-13-6-3-7-14-10)16-15-8-9-4-1-2-5-12-9/h1-8H,(H,16,17)/b15-8+. The maximum atomic E-state index is 11.5. The van der Waals surface area contributed by atoms with E-state index in [2.05, 4.69) is 25.5 Å². The Hall–Kier alpha value is -2.63. The van der Waals surface area contributed by atoms with Gasteiger partial charge in [-0.1, -0.05) is 6.07 Å². The number of pyridine rings is 1. The van der Waals surface area contributed by atoms with Crippen LogP contribution < -0.4 is 5.43 Å². The number of aromatic nitrogens is 3. The van der Waals surface area contributed by atoms with Gasteiger partial charge in [0, 0.05) is 18.6 Å². The number of nitrogens with zero attached hydrogens (tertiary/aromatic N) is 4. The average Bonchev–Trinajstić information content (AvgIpc) is 2.41. The zero-order valence-corrected chi connectivity index (χ0v) is 8.82. The highest BCUT2D eigenvalue weighted by Gasteiger charge is 2.05. The highest BCUT2D eigenvalue weighted by molar-refractivity contribution is 5.91. The van der Waals surface area contributed by atoms with Crippen molar-refractivity contribution in [2.75, 3.05) is 0 Å². The molecule has 1 N–H and O–H groups in total. The van der Waals surface area contributed by atoms with Crippen molar-refractivity contribution in [1.82, 2.24) is 20.4 Å². The van der Waals surface area contributed by atoms with E-state index in [1.165, 1.54) is 18.6 Å². The van der Waals surface area contributed by atoms with Gasteiger partial charge in [0.05, 0.1) is 11.9 Å². The number of nitrogens with one attached hydrogen (secondary N) is 1. The van der Waals surface area contributed by atoms with Gasteiger partial charge in [-0.25, -0.2) is 15.4 Å². The van der Waals surface area contributed by atoms with E-state index in [4.69, 9.17) is 0 Å². The molecule has 1 amide bonds. The molecule has 0 radical (unpaired) electrons. The van der Waals surface area contributed by atoms with Gasteiger partial charge in [0.2, 0.25) is 5.82 Å². The highest BCUT2D eigenvalue weighted by atomic mass is 16.2. The monoisotopic (exact) mass is 227 g/mol. The summed E-state index contributed by atoms with van der Waals surface area (Å²) in [4.78, 5) is 23.1. The summed E-state index contributed by atoms with van der Waals surface area (Å²) in [5.41, 5.74) is 2.97. The van der Waals surface area contributed by atoms with Crippen molar-refractivity contribution < 1.29 is 4.79 Å². The molecule has 6 nitrogen and oxygen atoms in total. The molecule has 84 valence electrons. The lowest BCUT2D eigenvalue weighted by atomic mass is 10.4. The Labute approximate surface area is 97.5 Å². The molecule has 0 spiro atoms. The predicted molar refractivity (Wildman–Crippen MR) is 61.3 cm³/mol. The third-order valence-electron chi connectivity index (χ3n) is 1.82. The first-order valence-corrected chi connectivity index (χ1v) is 4.88. The van der Waals surface area contributed by atoms with Gasteiger partial charge in [-0.15, -0.1) is 0 Å². The summed E-state index contributed by atoms with van der Waals surface area (Å²) in [5.74, 6) is -0.386. The molecule has 0 aromatic carbocycles. The van der Waals surface area contributed by atoms with Crippen LogP contribution in [0.25, 0.3) is 0 Å². The predicted octanol–water partition coefficient (Wildman–Crippen LogP) is 0.635. The van der Waals surface area contributed by atoms with Crippen LogP contribution >= 0.6 is 0 Å². The average molecular weight is 227 g/mol. The van der Waals surface area contributed by atoms with E-state index in [0.29, 0.717) is 5.69 Å². The van der Waals surface area contributed by atoms with E-state index < -0.39 is 5.91 Å². The Morgan fingerprint density at radius 1 is 1.12 bits per heavy atom. The summed E-state index contributed by atoms with van der Waals surface area (Å²) in [6.45, 7) is 0. The van der Waals surface area contributed by atoms with Crippen LogP contribution in [-0.4, -0.2) is 27.1 Å². The molecule has 2 heterocycles. The van der Waals surface area contributed by atoms with E-state index in [0.717, 1.165) is 0 Å². The lowest BCUT2D eigenvalue weighted by Gasteiger charge is -1.96. The Kier molecular flexibility index (Phi) is 3.49. The molecular formula is C11H9N5O. The fraction of sp³-hybridized carbons (Fsp3) is 0. The largest absolute Gasteiger partial charge is 0.309 e. The van der Waals surface area contributed by atoms with E-state index in [1.807, 2.05) is 6.07 Å². The van der Waals surface area contributed by atoms with Crippen molar-refractivity contribution >= 4 is 12.1 Å². The summed E-state index contributed by atoms with van der Waals surface area (Å²) >= 11 is 0. The molecule has 17 heavy (non-hydrogen) atoms. The maximum absolute atomic E-state index is 11.5. The Morgan fingerprint density at radius 3 is 2.59 bits per heavy atom. The van der Waals surface area contributed by atoms with Gasteiger partial charge in [0.25, 0.3) is 0 Å². The van der Waals surface area contributed by atoms with Crippen molar-refractivity contribution in [2.24, 2.45) is 5.10 Å². The first-order chi connectivity index (χ1) is 8.36. The summed E-state index contributed by atoms with van der Waals surface area (Å²) < 4.78 is 0. The minimum Gasteiger partial charge on any atom is -0.264 e. The van der Waals surface area contributed by atoms with Crippen LogP contribution in [-0.2, 0) is 0 Å². The summed E-state index contributed by atoms with van der Waals surface area (Å²) in [7, 11) is 0. The molecule has 2 aromatic heterocycles. The third-order valence-corrected chi connectivity index (χ3v) is 1.82. The van der Waals surface area contributed by atoms with Crippen LogP contribution in [0.3, 0.4) is 0 Å². The first kappa shape index (κ1) is 10.9. The molecule has 0 fully saturated rings. The Morgan fingerprint density at radius 2 is 1.88 bits per heavy atom. The van der Waals surface area contributed by atoms with Crippen LogP contribution in [0.1, 0.15) is 16.3 Å². The van der Waals surface area contributed by atoms with Gasteiger partial charge in [-0.05, 0) is 18.2 Å². The second kappa shape index (κ2) is 5.45. The molecule has 6 heteroatoms. The normalized spacial score (nSPS) is 10.4. The SMILES string of the molecule is O=C(N/N=C/c1ccccn1)c1ncccn1. The van der Waals surface area contributed by atoms with Gasteiger partial charge in [-0.3, -0.25) is 9.78 Å². The summed E-state index contributed by atoms with van der Waals surface area (Å²) in [6.07, 6.45) is 6.07. The zero-order chi connectivity index (χ0) is 11.9. The van der Waals surface area contributed by atoms with Gasteiger partial charge in [-0.2, -0.15) is 5.10 Å². The minimum atomic E-state index is -0.460. The van der Waals surface area contributed by atoms with Gasteiger partial charge < -0.3 is 0 Å². The molecule has 0 aliphatic carbocycles. The molecule has 0 bridgehead atoms. The van der Waals surface area contributed by atoms with Crippen LogP contribution in [0.15, 0.2) is 48.0 Å². The molecular weight excluding hydrogens is 218 g/mol. The van der Waals surface area contributed by atoms with Crippen LogP contribution in [0.4, 0.5) is 0 Å². The second-order valence-electron chi connectivity index (χ2n) is 3.03. The number of amides is 1. The smallest absolute Gasteiger partial charge is 0.264 e. The summed E-state index contributed by atoms with van der Waals surface area (Å²) in [5, 5.41) is 3.75. The van der Waals surface area contributed by atoms with Crippen molar-refractivity contribution in [3.05, 3.63) is 54.4 Å². The van der Waals surface area contributed by atoms with Crippen LogP contribution in [0.2, 0.25) is 0 Å². The molecule has 0 saturated heterocycles. The van der Waals surface area contributed by atoms with Crippen molar-refractivity contribution in [3.8, 4) is 0 Å². The number of hydrogen-bond acceptors (Lipinski definition) is 5. The van der Waals surface area contributed by atoms with Crippen molar-refractivity contribution in [3.63, 3.8) is 0 Å². The molecule has 2 aromatic rings. The minimum absolute atomic E-state index is 0.0747. The topological polar surface area (TPSA) is 80.1 Å². The number of carbonyl (C=O) groups excluding carboxylic acids is 1. The van der Waals surface area contributed by atoms with E-state index in [1.54, 1.807) is 24.4 Å². The molecule has 0 unspecified atom stereocenters. The highest BCUT2D eigenvalue weighted by Crippen LogP contribution is 1.89. The van der Waals surface area contributed by atoms with Gasteiger partial charge >= 0.3 is 5.91 Å². The fourth-order valence-electron chi connectivity index (χ4n) is 1.08. The van der Waals surface area contributed by atoms with Gasteiger partial charge in [0.1, 0.15) is 0 Å². The van der Waals surface area contributed by atoms with Crippen LogP contribution in [0.5, 0.6) is 0 Å². The molecule has 0 aliphatic rings. The quantitative estimate of drug-likeness (QED) is 0.616. The first-order valence-electron chi connectivity index (χ1n) is 4.88. The van der Waals surface area contributed by atoms with Crippen molar-refractivity contribution in [2.45, 2.75) is 0 Å². The molecule has 0 saturated carbocycles. The lowest BCUT2D eigenvalue weighted by Crippen LogP contribution is -2.20. The Bertz CT molecular complexity index is 512. The number of hydrogen-bond donors (Lipinski definition) is 1. The lowest BCUT2D eigenvalue weighted by molar-refractivity contribution is 0.0944. The van der Waals surface area contributed by atoms with E-state index in [9.17, 15) is 4.79 Å². The molecule has 0 atom stereocenters. The number of hydrazone groups is 1. The maximum Gasteiger partial charge on any atom is 0.309 e. The van der Waals surface area contributed by atoms with Gasteiger partial charge in [0.15, 0.2) is 0 Å². The summed E-state index contributed by atoms with van der Waals surface area (Å²) in [6, 6.07) is 7.03. The zero-order valence-electron chi connectivity index (χ0n) is 8.82. The molecule has 2 rings (SSSR count). The fourth-order valence-corrected chi connectivity index (χ4v) is 1.08. The number of rotatable bonds is 3. The van der Waals surface area contributed by atoms with Crippen LogP contribution in [0, 0.1) is 0 Å².